The molecule has 5 heteroatoms. The van der Waals surface area contributed by atoms with E-state index in [0.717, 1.165) is 0 Å². The Morgan fingerprint density at radius 3 is 2.56 bits per heavy atom. The number of para-hydroxylation sites is 2. The molecule has 0 aliphatic rings. The van der Waals surface area contributed by atoms with Gasteiger partial charge in [0.25, 0.3) is 6.43 Å². The lowest BCUT2D eigenvalue weighted by Crippen LogP contribution is -2.26. The number of alkyl halides is 2. The molecular formula is C11H15F2NO2. The predicted octanol–water partition coefficient (Wildman–Crippen LogP) is 1.93. The third-order valence-electron chi connectivity index (χ3n) is 1.90. The first kappa shape index (κ1) is 12.7. The molecule has 0 unspecified atom stereocenters. The summed E-state index contributed by atoms with van der Waals surface area (Å²) < 4.78 is 34.0. The van der Waals surface area contributed by atoms with E-state index < -0.39 is 6.43 Å². The molecule has 0 aliphatic heterocycles. The van der Waals surface area contributed by atoms with Crippen LogP contribution in [0.5, 0.6) is 11.5 Å². The first-order valence-electron chi connectivity index (χ1n) is 4.98. The zero-order valence-corrected chi connectivity index (χ0v) is 9.08. The minimum atomic E-state index is -2.33. The summed E-state index contributed by atoms with van der Waals surface area (Å²) in [5, 5.41) is 2.58. The van der Waals surface area contributed by atoms with Crippen LogP contribution in [0.15, 0.2) is 24.3 Å². The van der Waals surface area contributed by atoms with Crippen molar-refractivity contribution in [2.75, 3.05) is 26.8 Å². The van der Waals surface area contributed by atoms with Crippen molar-refractivity contribution in [2.45, 2.75) is 6.43 Å². The number of nitrogens with one attached hydrogen (secondary N) is 1. The van der Waals surface area contributed by atoms with Gasteiger partial charge in [0.2, 0.25) is 0 Å². The van der Waals surface area contributed by atoms with Gasteiger partial charge < -0.3 is 14.8 Å². The van der Waals surface area contributed by atoms with Crippen LogP contribution in [0.4, 0.5) is 8.78 Å². The van der Waals surface area contributed by atoms with Crippen molar-refractivity contribution < 1.29 is 18.3 Å². The highest BCUT2D eigenvalue weighted by atomic mass is 19.3. The molecule has 0 fully saturated rings. The van der Waals surface area contributed by atoms with Crippen molar-refractivity contribution in [3.05, 3.63) is 24.3 Å². The molecule has 0 spiro atoms. The molecule has 3 nitrogen and oxygen atoms in total. The number of methoxy groups -OCH3 is 1. The van der Waals surface area contributed by atoms with Crippen molar-refractivity contribution >= 4 is 0 Å². The van der Waals surface area contributed by atoms with Crippen molar-refractivity contribution in [3.8, 4) is 11.5 Å². The summed E-state index contributed by atoms with van der Waals surface area (Å²) in [5.41, 5.74) is 0. The summed E-state index contributed by atoms with van der Waals surface area (Å²) in [6, 6.07) is 7.21. The van der Waals surface area contributed by atoms with E-state index in [-0.39, 0.29) is 6.54 Å². The molecule has 0 saturated carbocycles. The van der Waals surface area contributed by atoms with Gasteiger partial charge in [-0.05, 0) is 12.1 Å². The summed E-state index contributed by atoms with van der Waals surface area (Å²) in [5.74, 6) is 1.25. The van der Waals surface area contributed by atoms with Crippen molar-refractivity contribution in [1.82, 2.24) is 5.32 Å². The normalized spacial score (nSPS) is 10.5. The molecule has 0 radical (unpaired) electrons. The highest BCUT2D eigenvalue weighted by Gasteiger charge is 2.03. The molecule has 0 heterocycles. The van der Waals surface area contributed by atoms with E-state index in [4.69, 9.17) is 9.47 Å². The molecule has 0 bridgehead atoms. The summed E-state index contributed by atoms with van der Waals surface area (Å²) >= 11 is 0. The van der Waals surface area contributed by atoms with Crippen LogP contribution in [-0.4, -0.2) is 33.2 Å². The van der Waals surface area contributed by atoms with Gasteiger partial charge in [0.15, 0.2) is 11.5 Å². The molecule has 0 amide bonds. The van der Waals surface area contributed by atoms with E-state index in [0.29, 0.717) is 24.7 Å². The lowest BCUT2D eigenvalue weighted by atomic mass is 10.3. The largest absolute Gasteiger partial charge is 0.493 e. The van der Waals surface area contributed by atoms with Crippen LogP contribution in [0.25, 0.3) is 0 Å². The van der Waals surface area contributed by atoms with E-state index >= 15 is 0 Å². The van der Waals surface area contributed by atoms with Crippen LogP contribution < -0.4 is 14.8 Å². The van der Waals surface area contributed by atoms with Crippen molar-refractivity contribution in [3.63, 3.8) is 0 Å². The topological polar surface area (TPSA) is 30.5 Å². The molecule has 90 valence electrons. The van der Waals surface area contributed by atoms with Gasteiger partial charge >= 0.3 is 0 Å². The maximum Gasteiger partial charge on any atom is 0.250 e. The molecule has 0 aliphatic carbocycles. The third kappa shape index (κ3) is 4.44. The molecule has 0 saturated heterocycles. The maximum atomic E-state index is 11.8. The smallest absolute Gasteiger partial charge is 0.250 e. The monoisotopic (exact) mass is 231 g/mol. The zero-order chi connectivity index (χ0) is 11.8. The fourth-order valence-electron chi connectivity index (χ4n) is 1.18. The Morgan fingerprint density at radius 1 is 1.25 bits per heavy atom. The number of hydrogen-bond acceptors (Lipinski definition) is 3. The number of benzene rings is 1. The molecular weight excluding hydrogens is 216 g/mol. The van der Waals surface area contributed by atoms with Crippen LogP contribution in [0.3, 0.4) is 0 Å². The first-order chi connectivity index (χ1) is 7.74. The summed E-state index contributed by atoms with van der Waals surface area (Å²) in [4.78, 5) is 0. The van der Waals surface area contributed by atoms with E-state index in [1.54, 1.807) is 19.2 Å². The Morgan fingerprint density at radius 2 is 1.94 bits per heavy atom. The summed E-state index contributed by atoms with van der Waals surface area (Å²) in [7, 11) is 1.55. The van der Waals surface area contributed by atoms with E-state index in [2.05, 4.69) is 5.32 Å². The standard InChI is InChI=1S/C11H15F2NO2/c1-15-9-4-2-3-5-10(9)16-7-6-14-8-11(12)13/h2-5,11,14H,6-8H2,1H3. The Hall–Kier alpha value is -1.36. The molecule has 1 aromatic carbocycles. The van der Waals surface area contributed by atoms with Crippen molar-refractivity contribution in [1.29, 1.82) is 0 Å². The van der Waals surface area contributed by atoms with Gasteiger partial charge in [-0.1, -0.05) is 12.1 Å². The van der Waals surface area contributed by atoms with Gasteiger partial charge in [-0.3, -0.25) is 0 Å². The van der Waals surface area contributed by atoms with E-state index in [9.17, 15) is 8.78 Å². The Labute approximate surface area is 93.4 Å². The summed E-state index contributed by atoms with van der Waals surface area (Å²) in [6.07, 6.45) is -2.33. The second kappa shape index (κ2) is 7.00. The number of ether oxygens (including phenoxy) is 2. The van der Waals surface area contributed by atoms with E-state index in [1.165, 1.54) is 0 Å². The predicted molar refractivity (Wildman–Crippen MR) is 57.4 cm³/mol. The minimum Gasteiger partial charge on any atom is -0.493 e. The molecule has 1 rings (SSSR count). The molecule has 0 aromatic heterocycles. The van der Waals surface area contributed by atoms with Crippen LogP contribution >= 0.6 is 0 Å². The summed E-state index contributed by atoms with van der Waals surface area (Å²) in [6.45, 7) is 0.394. The van der Waals surface area contributed by atoms with Crippen LogP contribution in [0.1, 0.15) is 0 Å². The minimum absolute atomic E-state index is 0.310. The Bertz CT molecular complexity index is 308. The average molecular weight is 231 g/mol. The lowest BCUT2D eigenvalue weighted by Gasteiger charge is -2.10. The fourth-order valence-corrected chi connectivity index (χ4v) is 1.18. The molecule has 0 atom stereocenters. The Balaban J connectivity index is 2.26. The number of rotatable bonds is 7. The van der Waals surface area contributed by atoms with Crippen LogP contribution in [0.2, 0.25) is 0 Å². The number of halogens is 2. The number of hydrogen-bond donors (Lipinski definition) is 1. The van der Waals surface area contributed by atoms with Crippen LogP contribution in [-0.2, 0) is 0 Å². The SMILES string of the molecule is COc1ccccc1OCCNCC(F)F. The van der Waals surface area contributed by atoms with Gasteiger partial charge in [0, 0.05) is 6.54 Å². The van der Waals surface area contributed by atoms with Crippen LogP contribution in [0, 0.1) is 0 Å². The van der Waals surface area contributed by atoms with Gasteiger partial charge in [-0.15, -0.1) is 0 Å². The highest BCUT2D eigenvalue weighted by Crippen LogP contribution is 2.25. The second-order valence-electron chi connectivity index (χ2n) is 3.09. The van der Waals surface area contributed by atoms with Gasteiger partial charge in [-0.25, -0.2) is 8.78 Å². The zero-order valence-electron chi connectivity index (χ0n) is 9.08. The van der Waals surface area contributed by atoms with Gasteiger partial charge in [0.05, 0.1) is 13.7 Å². The molecule has 1 N–H and O–H groups in total. The second-order valence-corrected chi connectivity index (χ2v) is 3.09. The maximum absolute atomic E-state index is 11.8. The molecule has 16 heavy (non-hydrogen) atoms. The first-order valence-corrected chi connectivity index (χ1v) is 4.98. The third-order valence-corrected chi connectivity index (χ3v) is 1.90. The highest BCUT2D eigenvalue weighted by molar-refractivity contribution is 5.39. The van der Waals surface area contributed by atoms with Crippen molar-refractivity contribution in [2.24, 2.45) is 0 Å². The molecule has 1 aromatic rings. The fraction of sp³-hybridized carbons (Fsp3) is 0.455. The van der Waals surface area contributed by atoms with E-state index in [1.807, 2.05) is 12.1 Å². The van der Waals surface area contributed by atoms with Gasteiger partial charge in [0.1, 0.15) is 6.61 Å². The Kier molecular flexibility index (Phi) is 5.56. The average Bonchev–Trinajstić information content (AvgIpc) is 2.29. The quantitative estimate of drug-likeness (QED) is 0.727. The lowest BCUT2D eigenvalue weighted by molar-refractivity contribution is 0.143. The van der Waals surface area contributed by atoms with Gasteiger partial charge in [-0.2, -0.15) is 0 Å².